The molecular formula is C20H23NO4. The molecule has 1 atom stereocenters. The molecule has 0 saturated heterocycles. The van der Waals surface area contributed by atoms with Crippen molar-refractivity contribution in [2.45, 2.75) is 33.3 Å². The van der Waals surface area contributed by atoms with Gasteiger partial charge in [0.2, 0.25) is 0 Å². The molecule has 0 bridgehead atoms. The number of fused-ring (bicyclic) bond motifs is 1. The van der Waals surface area contributed by atoms with E-state index in [1.54, 1.807) is 0 Å². The molecular weight excluding hydrogens is 318 g/mol. The van der Waals surface area contributed by atoms with Crippen LogP contribution in [0.2, 0.25) is 0 Å². The van der Waals surface area contributed by atoms with E-state index in [-0.39, 0.29) is 18.6 Å². The highest BCUT2D eigenvalue weighted by Crippen LogP contribution is 2.38. The van der Waals surface area contributed by atoms with Crippen molar-refractivity contribution in [2.75, 3.05) is 18.5 Å². The van der Waals surface area contributed by atoms with Gasteiger partial charge in [-0.15, -0.1) is 0 Å². The lowest BCUT2D eigenvalue weighted by Gasteiger charge is -2.14. The van der Waals surface area contributed by atoms with Gasteiger partial charge in [0.15, 0.2) is 6.61 Å². The topological polar surface area (TPSA) is 56.8 Å². The van der Waals surface area contributed by atoms with Gasteiger partial charge in [0.1, 0.15) is 23.4 Å². The van der Waals surface area contributed by atoms with Crippen LogP contribution in [0.1, 0.15) is 25.0 Å². The van der Waals surface area contributed by atoms with E-state index in [0.717, 1.165) is 23.3 Å². The van der Waals surface area contributed by atoms with Crippen molar-refractivity contribution in [3.05, 3.63) is 47.5 Å². The minimum atomic E-state index is -0.241. The van der Waals surface area contributed by atoms with Gasteiger partial charge in [0.25, 0.3) is 5.91 Å². The second kappa shape index (κ2) is 7.47. The SMILES string of the molecule is CCOc1cc2c(cc1NC(=O)COc1ccccc1C)OC(C)C2. The van der Waals surface area contributed by atoms with Crippen LogP contribution < -0.4 is 19.5 Å². The number of amides is 1. The highest BCUT2D eigenvalue weighted by Gasteiger charge is 2.22. The zero-order valence-corrected chi connectivity index (χ0v) is 14.8. The number of ether oxygens (including phenoxy) is 3. The average molecular weight is 341 g/mol. The van der Waals surface area contributed by atoms with Crippen molar-refractivity contribution in [3.63, 3.8) is 0 Å². The second-order valence-corrected chi connectivity index (χ2v) is 6.12. The Balaban J connectivity index is 1.70. The lowest BCUT2D eigenvalue weighted by molar-refractivity contribution is -0.118. The number of rotatable bonds is 6. The van der Waals surface area contributed by atoms with Gasteiger partial charge in [-0.2, -0.15) is 0 Å². The number of para-hydroxylation sites is 1. The molecule has 1 amide bonds. The molecule has 1 N–H and O–H groups in total. The van der Waals surface area contributed by atoms with E-state index >= 15 is 0 Å². The monoisotopic (exact) mass is 341 g/mol. The first-order valence-electron chi connectivity index (χ1n) is 8.51. The van der Waals surface area contributed by atoms with Crippen LogP contribution in [0.5, 0.6) is 17.2 Å². The third-order valence-electron chi connectivity index (χ3n) is 4.02. The lowest BCUT2D eigenvalue weighted by atomic mass is 10.1. The van der Waals surface area contributed by atoms with E-state index in [1.807, 2.05) is 57.2 Å². The van der Waals surface area contributed by atoms with Gasteiger partial charge in [0.05, 0.1) is 12.3 Å². The van der Waals surface area contributed by atoms with Gasteiger partial charge in [-0.25, -0.2) is 0 Å². The molecule has 1 unspecified atom stereocenters. The fourth-order valence-electron chi connectivity index (χ4n) is 2.86. The summed E-state index contributed by atoms with van der Waals surface area (Å²) >= 11 is 0. The third kappa shape index (κ3) is 4.05. The first-order valence-corrected chi connectivity index (χ1v) is 8.51. The number of aryl methyl sites for hydroxylation is 1. The van der Waals surface area contributed by atoms with Crippen molar-refractivity contribution < 1.29 is 19.0 Å². The molecule has 3 rings (SSSR count). The number of hydrogen-bond donors (Lipinski definition) is 1. The van der Waals surface area contributed by atoms with Crippen molar-refractivity contribution in [2.24, 2.45) is 0 Å². The molecule has 0 radical (unpaired) electrons. The summed E-state index contributed by atoms with van der Waals surface area (Å²) in [6, 6.07) is 11.4. The van der Waals surface area contributed by atoms with Crippen LogP contribution >= 0.6 is 0 Å². The van der Waals surface area contributed by atoms with Crippen molar-refractivity contribution in [3.8, 4) is 17.2 Å². The maximum Gasteiger partial charge on any atom is 0.262 e. The Kier molecular flexibility index (Phi) is 5.12. The van der Waals surface area contributed by atoms with Crippen LogP contribution in [0, 0.1) is 6.92 Å². The quantitative estimate of drug-likeness (QED) is 0.870. The summed E-state index contributed by atoms with van der Waals surface area (Å²) in [5.41, 5.74) is 2.70. The third-order valence-corrected chi connectivity index (χ3v) is 4.02. The zero-order valence-electron chi connectivity index (χ0n) is 14.8. The number of benzene rings is 2. The van der Waals surface area contributed by atoms with Crippen LogP contribution in [-0.2, 0) is 11.2 Å². The molecule has 1 heterocycles. The number of carbonyl (C=O) groups is 1. The molecule has 1 aliphatic rings. The van der Waals surface area contributed by atoms with E-state index in [2.05, 4.69) is 5.32 Å². The average Bonchev–Trinajstić information content (AvgIpc) is 2.93. The number of hydrogen-bond acceptors (Lipinski definition) is 4. The van der Waals surface area contributed by atoms with Gasteiger partial charge in [0, 0.05) is 18.1 Å². The Morgan fingerprint density at radius 3 is 2.80 bits per heavy atom. The van der Waals surface area contributed by atoms with Crippen LogP contribution in [0.25, 0.3) is 0 Å². The Labute approximate surface area is 147 Å². The molecule has 132 valence electrons. The summed E-state index contributed by atoms with van der Waals surface area (Å²) in [6.07, 6.45) is 0.986. The summed E-state index contributed by atoms with van der Waals surface area (Å²) in [5, 5.41) is 2.86. The normalized spacial score (nSPS) is 15.2. The summed E-state index contributed by atoms with van der Waals surface area (Å²) in [5.74, 6) is 1.92. The molecule has 0 fully saturated rings. The van der Waals surface area contributed by atoms with E-state index in [9.17, 15) is 4.79 Å². The summed E-state index contributed by atoms with van der Waals surface area (Å²) < 4.78 is 17.0. The van der Waals surface area contributed by atoms with Crippen LogP contribution in [0.3, 0.4) is 0 Å². The summed E-state index contributed by atoms with van der Waals surface area (Å²) in [7, 11) is 0. The number of anilines is 1. The number of carbonyl (C=O) groups excluding carboxylic acids is 1. The van der Waals surface area contributed by atoms with Crippen LogP contribution in [0.4, 0.5) is 5.69 Å². The predicted octanol–water partition coefficient (Wildman–Crippen LogP) is 3.73. The maximum atomic E-state index is 12.3. The van der Waals surface area contributed by atoms with Crippen molar-refractivity contribution in [1.29, 1.82) is 0 Å². The van der Waals surface area contributed by atoms with Crippen LogP contribution in [0.15, 0.2) is 36.4 Å². The minimum Gasteiger partial charge on any atom is -0.492 e. The summed E-state index contributed by atoms with van der Waals surface area (Å²) in [6.45, 7) is 6.34. The fourth-order valence-corrected chi connectivity index (χ4v) is 2.86. The van der Waals surface area contributed by atoms with E-state index in [0.29, 0.717) is 23.8 Å². The lowest BCUT2D eigenvalue weighted by Crippen LogP contribution is -2.21. The summed E-state index contributed by atoms with van der Waals surface area (Å²) in [4.78, 5) is 12.3. The van der Waals surface area contributed by atoms with E-state index in [1.165, 1.54) is 0 Å². The molecule has 5 nitrogen and oxygen atoms in total. The molecule has 0 aromatic heterocycles. The second-order valence-electron chi connectivity index (χ2n) is 6.12. The Morgan fingerprint density at radius 2 is 2.04 bits per heavy atom. The molecule has 1 aliphatic heterocycles. The van der Waals surface area contributed by atoms with Gasteiger partial charge >= 0.3 is 0 Å². The van der Waals surface area contributed by atoms with Gasteiger partial charge in [-0.1, -0.05) is 18.2 Å². The Hall–Kier alpha value is -2.69. The highest BCUT2D eigenvalue weighted by atomic mass is 16.5. The number of nitrogens with one attached hydrogen (secondary N) is 1. The largest absolute Gasteiger partial charge is 0.492 e. The molecule has 0 aliphatic carbocycles. The zero-order chi connectivity index (χ0) is 17.8. The van der Waals surface area contributed by atoms with E-state index in [4.69, 9.17) is 14.2 Å². The smallest absolute Gasteiger partial charge is 0.262 e. The van der Waals surface area contributed by atoms with Gasteiger partial charge in [-0.05, 0) is 38.5 Å². The standard InChI is InChI=1S/C20H23NO4/c1-4-23-19-10-15-9-14(3)25-18(15)11-16(19)21-20(22)12-24-17-8-6-5-7-13(17)2/h5-8,10-11,14H,4,9,12H2,1-3H3,(H,21,22). The first-order chi connectivity index (χ1) is 12.1. The van der Waals surface area contributed by atoms with Crippen molar-refractivity contribution >= 4 is 11.6 Å². The predicted molar refractivity (Wildman–Crippen MR) is 96.7 cm³/mol. The molecule has 0 spiro atoms. The molecule has 25 heavy (non-hydrogen) atoms. The maximum absolute atomic E-state index is 12.3. The van der Waals surface area contributed by atoms with Crippen molar-refractivity contribution in [1.82, 2.24) is 0 Å². The van der Waals surface area contributed by atoms with Gasteiger partial charge in [-0.3, -0.25) is 4.79 Å². The molecule has 0 saturated carbocycles. The first kappa shape index (κ1) is 17.1. The molecule has 5 heteroatoms. The Morgan fingerprint density at radius 1 is 1.24 bits per heavy atom. The van der Waals surface area contributed by atoms with E-state index < -0.39 is 0 Å². The Bertz CT molecular complexity index is 772. The molecule has 2 aromatic rings. The highest BCUT2D eigenvalue weighted by molar-refractivity contribution is 5.93. The van der Waals surface area contributed by atoms with Crippen LogP contribution in [-0.4, -0.2) is 25.2 Å². The fraction of sp³-hybridized carbons (Fsp3) is 0.350. The minimum absolute atomic E-state index is 0.0647. The van der Waals surface area contributed by atoms with Gasteiger partial charge < -0.3 is 19.5 Å². The molecule has 2 aromatic carbocycles.